The molecule has 1 unspecified atom stereocenters. The number of amides is 1. The van der Waals surface area contributed by atoms with Gasteiger partial charge < -0.3 is 4.90 Å². The van der Waals surface area contributed by atoms with Crippen molar-refractivity contribution in [3.05, 3.63) is 76.2 Å². The molecular formula is C22H20F2N2O2. The first-order valence-corrected chi connectivity index (χ1v) is 9.38. The van der Waals surface area contributed by atoms with E-state index in [2.05, 4.69) is 0 Å². The maximum absolute atomic E-state index is 14.4. The molecule has 1 aliphatic rings. The van der Waals surface area contributed by atoms with Gasteiger partial charge >= 0.3 is 0 Å². The van der Waals surface area contributed by atoms with Crippen LogP contribution in [0.4, 0.5) is 8.78 Å². The van der Waals surface area contributed by atoms with E-state index in [0.717, 1.165) is 36.0 Å². The number of pyridine rings is 1. The van der Waals surface area contributed by atoms with E-state index in [0.29, 0.717) is 22.9 Å². The van der Waals surface area contributed by atoms with E-state index < -0.39 is 17.2 Å². The molecule has 2 aromatic carbocycles. The molecule has 4 nitrogen and oxygen atoms in total. The molecule has 0 spiro atoms. The molecule has 0 saturated carbocycles. The minimum atomic E-state index is -0.859. The lowest BCUT2D eigenvalue weighted by Crippen LogP contribution is -2.42. The zero-order valence-electron chi connectivity index (χ0n) is 15.5. The number of carbonyl (C=O) groups excluding carboxylic acids is 1. The second-order valence-electron chi connectivity index (χ2n) is 7.20. The van der Waals surface area contributed by atoms with Crippen molar-refractivity contribution in [2.24, 2.45) is 0 Å². The Labute approximate surface area is 161 Å². The number of likely N-dealkylation sites (tertiary alicyclic amines) is 1. The van der Waals surface area contributed by atoms with E-state index >= 15 is 0 Å². The van der Waals surface area contributed by atoms with Crippen LogP contribution in [0.5, 0.6) is 0 Å². The number of nitrogens with zero attached hydrogens (tertiary/aromatic N) is 2. The number of halogens is 2. The molecule has 1 fully saturated rings. The molecule has 1 saturated heterocycles. The largest absolute Gasteiger partial charge is 0.336 e. The van der Waals surface area contributed by atoms with Gasteiger partial charge in [0.15, 0.2) is 0 Å². The number of rotatable bonds is 2. The molecule has 0 N–H and O–H groups in total. The molecular weight excluding hydrogens is 362 g/mol. The van der Waals surface area contributed by atoms with Crippen LogP contribution in [0.25, 0.3) is 16.5 Å². The molecule has 0 aliphatic carbocycles. The molecule has 1 aromatic heterocycles. The van der Waals surface area contributed by atoms with Crippen LogP contribution in [0.1, 0.15) is 36.5 Å². The average Bonchev–Trinajstić information content (AvgIpc) is 2.69. The Bertz CT molecular complexity index is 1120. The fraction of sp³-hybridized carbons (Fsp3) is 0.273. The molecule has 3 aromatic rings. The molecule has 28 heavy (non-hydrogen) atoms. The van der Waals surface area contributed by atoms with Gasteiger partial charge in [-0.2, -0.15) is 0 Å². The number of hydrogen-bond donors (Lipinski definition) is 0. The number of fused-ring (bicyclic) bond motifs is 1. The third-order valence-corrected chi connectivity index (χ3v) is 5.39. The summed E-state index contributed by atoms with van der Waals surface area (Å²) in [5.74, 6) is -1.77. The summed E-state index contributed by atoms with van der Waals surface area (Å²) in [7, 11) is 0. The van der Waals surface area contributed by atoms with Gasteiger partial charge in [0.25, 0.3) is 11.5 Å². The van der Waals surface area contributed by atoms with Gasteiger partial charge in [0, 0.05) is 35.6 Å². The molecule has 0 radical (unpaired) electrons. The van der Waals surface area contributed by atoms with E-state index in [9.17, 15) is 18.4 Å². The minimum Gasteiger partial charge on any atom is -0.336 e. The van der Waals surface area contributed by atoms with Crippen LogP contribution < -0.4 is 5.56 Å². The molecule has 0 bridgehead atoms. The first-order chi connectivity index (χ1) is 13.5. The predicted molar refractivity (Wildman–Crippen MR) is 104 cm³/mol. The summed E-state index contributed by atoms with van der Waals surface area (Å²) in [6.45, 7) is 2.66. The Morgan fingerprint density at radius 2 is 1.82 bits per heavy atom. The fourth-order valence-corrected chi connectivity index (χ4v) is 3.87. The molecule has 2 heterocycles. The van der Waals surface area contributed by atoms with Crippen molar-refractivity contribution in [3.8, 4) is 5.69 Å². The molecule has 1 atom stereocenters. The molecule has 4 rings (SSSR count). The van der Waals surface area contributed by atoms with Crippen molar-refractivity contribution in [2.45, 2.75) is 32.2 Å². The van der Waals surface area contributed by atoms with Crippen LogP contribution >= 0.6 is 0 Å². The fourth-order valence-electron chi connectivity index (χ4n) is 3.87. The number of benzene rings is 2. The molecule has 144 valence electrons. The summed E-state index contributed by atoms with van der Waals surface area (Å²) in [4.78, 5) is 28.1. The van der Waals surface area contributed by atoms with Gasteiger partial charge in [0.2, 0.25) is 0 Å². The normalized spacial score (nSPS) is 17.1. The second-order valence-corrected chi connectivity index (χ2v) is 7.20. The number of carbonyl (C=O) groups is 1. The number of piperidine rings is 1. The Morgan fingerprint density at radius 1 is 1.07 bits per heavy atom. The van der Waals surface area contributed by atoms with Gasteiger partial charge in [-0.3, -0.25) is 14.2 Å². The standard InChI is InChI=1S/C22H20F2N2O2/c1-14-6-4-5-11-25(14)22(28)18-13-26(20-10-9-15(23)12-19(20)24)21(27)17-8-3-2-7-16(17)18/h2-3,7-10,12-14H,4-6,11H2,1H3. The Balaban J connectivity index is 1.94. The van der Waals surface area contributed by atoms with Crippen LogP contribution in [-0.2, 0) is 0 Å². The quantitative estimate of drug-likeness (QED) is 0.664. The van der Waals surface area contributed by atoms with Gasteiger partial charge in [-0.25, -0.2) is 8.78 Å². The van der Waals surface area contributed by atoms with Crippen LogP contribution in [-0.4, -0.2) is 28.0 Å². The highest BCUT2D eigenvalue weighted by Gasteiger charge is 2.27. The first kappa shape index (κ1) is 18.3. The molecule has 1 amide bonds. The van der Waals surface area contributed by atoms with Crippen molar-refractivity contribution in [1.82, 2.24) is 9.47 Å². The summed E-state index contributed by atoms with van der Waals surface area (Å²) in [6.07, 6.45) is 4.31. The predicted octanol–water partition coefficient (Wildman–Crippen LogP) is 4.28. The third kappa shape index (κ3) is 3.09. The maximum atomic E-state index is 14.4. The van der Waals surface area contributed by atoms with Crippen molar-refractivity contribution < 1.29 is 13.6 Å². The lowest BCUT2D eigenvalue weighted by Gasteiger charge is -2.33. The lowest BCUT2D eigenvalue weighted by molar-refractivity contribution is 0.0637. The maximum Gasteiger partial charge on any atom is 0.263 e. The Morgan fingerprint density at radius 3 is 2.54 bits per heavy atom. The number of hydrogen-bond acceptors (Lipinski definition) is 2. The average molecular weight is 382 g/mol. The van der Waals surface area contributed by atoms with E-state index in [1.54, 1.807) is 29.2 Å². The van der Waals surface area contributed by atoms with Crippen molar-refractivity contribution >= 4 is 16.7 Å². The minimum absolute atomic E-state index is 0.0853. The van der Waals surface area contributed by atoms with Crippen LogP contribution in [0.15, 0.2) is 53.5 Å². The van der Waals surface area contributed by atoms with Crippen molar-refractivity contribution in [3.63, 3.8) is 0 Å². The highest BCUT2D eigenvalue weighted by atomic mass is 19.1. The number of aromatic nitrogens is 1. The molecule has 1 aliphatic heterocycles. The van der Waals surface area contributed by atoms with Gasteiger partial charge in [0.1, 0.15) is 11.6 Å². The lowest BCUT2D eigenvalue weighted by atomic mass is 10.0. The third-order valence-electron chi connectivity index (χ3n) is 5.39. The van der Waals surface area contributed by atoms with E-state index in [1.807, 2.05) is 6.92 Å². The van der Waals surface area contributed by atoms with Gasteiger partial charge in [0.05, 0.1) is 11.3 Å². The summed E-state index contributed by atoms with van der Waals surface area (Å²) in [6, 6.07) is 9.94. The zero-order valence-corrected chi connectivity index (χ0v) is 15.5. The Hall–Kier alpha value is -3.02. The Kier molecular flexibility index (Phi) is 4.71. The summed E-state index contributed by atoms with van der Waals surface area (Å²) < 4.78 is 28.8. The highest BCUT2D eigenvalue weighted by Crippen LogP contribution is 2.24. The zero-order chi connectivity index (χ0) is 19.8. The first-order valence-electron chi connectivity index (χ1n) is 9.38. The van der Waals surface area contributed by atoms with Crippen LogP contribution in [0.2, 0.25) is 0 Å². The summed E-state index contributed by atoms with van der Waals surface area (Å²) in [5, 5.41) is 0.857. The van der Waals surface area contributed by atoms with Crippen molar-refractivity contribution in [2.75, 3.05) is 6.54 Å². The van der Waals surface area contributed by atoms with Crippen LogP contribution in [0.3, 0.4) is 0 Å². The van der Waals surface area contributed by atoms with E-state index in [4.69, 9.17) is 0 Å². The summed E-state index contributed by atoms with van der Waals surface area (Å²) >= 11 is 0. The summed E-state index contributed by atoms with van der Waals surface area (Å²) in [5.41, 5.74) is -0.199. The highest BCUT2D eigenvalue weighted by molar-refractivity contribution is 6.06. The van der Waals surface area contributed by atoms with E-state index in [-0.39, 0.29) is 17.6 Å². The van der Waals surface area contributed by atoms with Crippen LogP contribution in [0, 0.1) is 11.6 Å². The van der Waals surface area contributed by atoms with Crippen molar-refractivity contribution in [1.29, 1.82) is 0 Å². The van der Waals surface area contributed by atoms with Gasteiger partial charge in [-0.1, -0.05) is 18.2 Å². The van der Waals surface area contributed by atoms with E-state index in [1.165, 1.54) is 12.3 Å². The van der Waals surface area contributed by atoms with Gasteiger partial charge in [-0.05, 0) is 44.4 Å². The molecule has 6 heteroatoms. The topological polar surface area (TPSA) is 42.3 Å². The monoisotopic (exact) mass is 382 g/mol. The smallest absolute Gasteiger partial charge is 0.263 e. The SMILES string of the molecule is CC1CCCCN1C(=O)c1cn(-c2ccc(F)cc2F)c(=O)c2ccccc12. The van der Waals surface area contributed by atoms with Gasteiger partial charge in [-0.15, -0.1) is 0 Å². The second kappa shape index (κ2) is 7.19.